The Balaban J connectivity index is 0.000000510. The minimum atomic E-state index is 0.691. The maximum absolute atomic E-state index is 5.85. The molecule has 2 aliphatic rings. The molecule has 1 aromatic carbocycles. The Kier molecular flexibility index (Phi) is 7.60. The van der Waals surface area contributed by atoms with Crippen LogP contribution in [0.4, 0.5) is 0 Å². The summed E-state index contributed by atoms with van der Waals surface area (Å²) in [5.41, 5.74) is 5.17. The number of fused-ring (bicyclic) bond motifs is 2. The van der Waals surface area contributed by atoms with Crippen LogP contribution in [0.5, 0.6) is 5.75 Å². The molecule has 0 fully saturated rings. The summed E-state index contributed by atoms with van der Waals surface area (Å²) < 4.78 is 5.85. The first-order chi connectivity index (χ1) is 10.4. The van der Waals surface area contributed by atoms with E-state index in [1.807, 2.05) is 27.7 Å². The van der Waals surface area contributed by atoms with Crippen molar-refractivity contribution in [3.63, 3.8) is 0 Å². The van der Waals surface area contributed by atoms with Crippen molar-refractivity contribution >= 4 is 5.57 Å². The van der Waals surface area contributed by atoms with Crippen molar-refractivity contribution in [3.05, 3.63) is 59.2 Å². The molecule has 1 aliphatic carbocycles. The zero-order valence-electron chi connectivity index (χ0n) is 14.1. The van der Waals surface area contributed by atoms with Gasteiger partial charge in [0.2, 0.25) is 0 Å². The molecule has 21 heavy (non-hydrogen) atoms. The highest BCUT2D eigenvalue weighted by molar-refractivity contribution is 5.83. The Morgan fingerprint density at radius 1 is 1.00 bits per heavy atom. The van der Waals surface area contributed by atoms with Gasteiger partial charge in [-0.05, 0) is 35.6 Å². The molecule has 3 rings (SSSR count). The molecule has 0 N–H and O–H groups in total. The second-order valence-corrected chi connectivity index (χ2v) is 4.45. The lowest BCUT2D eigenvalue weighted by atomic mass is 9.95. The second kappa shape index (κ2) is 9.23. The molecule has 0 spiro atoms. The summed E-state index contributed by atoms with van der Waals surface area (Å²) in [6.07, 6.45) is 10.9. The van der Waals surface area contributed by atoms with Crippen LogP contribution < -0.4 is 4.74 Å². The molecule has 1 nitrogen and oxygen atoms in total. The molecule has 1 heterocycles. The number of allylic oxidation sites excluding steroid dienone is 4. The number of hydrogen-bond acceptors (Lipinski definition) is 1. The third-order valence-electron chi connectivity index (χ3n) is 3.35. The maximum atomic E-state index is 5.85. The van der Waals surface area contributed by atoms with Gasteiger partial charge in [-0.3, -0.25) is 0 Å². The molecule has 0 saturated carbocycles. The monoisotopic (exact) mass is 284 g/mol. The van der Waals surface area contributed by atoms with Crippen LogP contribution >= 0.6 is 0 Å². The molecule has 0 saturated heterocycles. The lowest BCUT2D eigenvalue weighted by molar-refractivity contribution is 0.349. The van der Waals surface area contributed by atoms with Gasteiger partial charge in [-0.2, -0.15) is 0 Å². The maximum Gasteiger partial charge on any atom is 0.127 e. The summed E-state index contributed by atoms with van der Waals surface area (Å²) in [5, 5.41) is 0. The lowest BCUT2D eigenvalue weighted by Gasteiger charge is -2.21. The van der Waals surface area contributed by atoms with Crippen LogP contribution in [0.15, 0.2) is 48.1 Å². The highest BCUT2D eigenvalue weighted by atomic mass is 16.5. The molecule has 0 bridgehead atoms. The average molecular weight is 284 g/mol. The number of benzene rings is 1. The normalized spacial score (nSPS) is 14.5. The zero-order valence-corrected chi connectivity index (χ0v) is 14.1. The van der Waals surface area contributed by atoms with Crippen LogP contribution in [0.3, 0.4) is 0 Å². The Labute approximate surface area is 130 Å². The fourth-order valence-electron chi connectivity index (χ4n) is 2.34. The third kappa shape index (κ3) is 4.10. The van der Waals surface area contributed by atoms with Crippen LogP contribution in [-0.2, 0) is 6.42 Å². The van der Waals surface area contributed by atoms with Gasteiger partial charge < -0.3 is 4.74 Å². The van der Waals surface area contributed by atoms with Crippen molar-refractivity contribution < 1.29 is 4.74 Å². The molecule has 0 unspecified atom stereocenters. The van der Waals surface area contributed by atoms with Gasteiger partial charge in [0.25, 0.3) is 0 Å². The third-order valence-corrected chi connectivity index (χ3v) is 3.35. The van der Waals surface area contributed by atoms with Gasteiger partial charge >= 0.3 is 0 Å². The summed E-state index contributed by atoms with van der Waals surface area (Å²) in [5.74, 6) is 1.03. The van der Waals surface area contributed by atoms with Crippen molar-refractivity contribution in [2.75, 3.05) is 6.61 Å². The van der Waals surface area contributed by atoms with Gasteiger partial charge in [0.05, 0.1) is 0 Å². The Bertz CT molecular complexity index is 533. The van der Waals surface area contributed by atoms with Gasteiger partial charge in [-0.15, -0.1) is 0 Å². The van der Waals surface area contributed by atoms with Crippen LogP contribution in [0, 0.1) is 0 Å². The van der Waals surface area contributed by atoms with Crippen molar-refractivity contribution in [2.45, 2.75) is 47.5 Å². The molecule has 114 valence electrons. The van der Waals surface area contributed by atoms with Crippen molar-refractivity contribution in [2.24, 2.45) is 0 Å². The standard InChI is InChI=1S/C16H16O.2C2H6/c1-2-12-8-9-15-14-7-5-3-4-6-13(14)11-17-16(15)10-12;2*1-2/h4-10H,2-3,11H2,1H3;2*1-2H3. The smallest absolute Gasteiger partial charge is 0.127 e. The summed E-state index contributed by atoms with van der Waals surface area (Å²) in [6, 6.07) is 6.55. The van der Waals surface area contributed by atoms with Crippen molar-refractivity contribution in [1.82, 2.24) is 0 Å². The van der Waals surface area contributed by atoms with E-state index in [2.05, 4.69) is 49.4 Å². The van der Waals surface area contributed by atoms with Gasteiger partial charge in [0.1, 0.15) is 12.4 Å². The van der Waals surface area contributed by atoms with E-state index in [1.54, 1.807) is 0 Å². The second-order valence-electron chi connectivity index (χ2n) is 4.45. The number of rotatable bonds is 1. The summed E-state index contributed by atoms with van der Waals surface area (Å²) >= 11 is 0. The fourth-order valence-corrected chi connectivity index (χ4v) is 2.34. The minimum Gasteiger partial charge on any atom is -0.488 e. The first kappa shape index (κ1) is 17.3. The van der Waals surface area contributed by atoms with E-state index in [0.29, 0.717) is 6.61 Å². The first-order valence-electron chi connectivity index (χ1n) is 8.21. The van der Waals surface area contributed by atoms with Crippen molar-refractivity contribution in [3.8, 4) is 5.75 Å². The van der Waals surface area contributed by atoms with Crippen LogP contribution in [0.2, 0.25) is 0 Å². The molecule has 0 aromatic heterocycles. The topological polar surface area (TPSA) is 9.23 Å². The SMILES string of the molecule is CC.CC.CCc1ccc2c(c1)OCC1=C2C=CCC=C1. The molecule has 0 radical (unpaired) electrons. The van der Waals surface area contributed by atoms with Gasteiger partial charge in [0, 0.05) is 5.56 Å². The molecule has 1 heteroatoms. The summed E-state index contributed by atoms with van der Waals surface area (Å²) in [6.45, 7) is 10.9. The highest BCUT2D eigenvalue weighted by Gasteiger charge is 2.17. The Morgan fingerprint density at radius 2 is 1.71 bits per heavy atom. The summed E-state index contributed by atoms with van der Waals surface area (Å²) in [4.78, 5) is 0. The fraction of sp³-hybridized carbons (Fsp3) is 0.400. The van der Waals surface area contributed by atoms with Crippen LogP contribution in [0.1, 0.15) is 52.2 Å². The van der Waals surface area contributed by atoms with Crippen molar-refractivity contribution in [1.29, 1.82) is 0 Å². The predicted octanol–water partition coefficient (Wildman–Crippen LogP) is 5.96. The van der Waals surface area contributed by atoms with E-state index in [9.17, 15) is 0 Å². The average Bonchev–Trinajstić information content (AvgIpc) is 2.83. The Morgan fingerprint density at radius 3 is 2.43 bits per heavy atom. The number of ether oxygens (including phenoxy) is 1. The molecule has 0 atom stereocenters. The van der Waals surface area contributed by atoms with E-state index in [1.165, 1.54) is 22.3 Å². The minimum absolute atomic E-state index is 0.691. The van der Waals surface area contributed by atoms with Gasteiger partial charge in [-0.25, -0.2) is 0 Å². The predicted molar refractivity (Wildman–Crippen MR) is 93.8 cm³/mol. The molecular weight excluding hydrogens is 256 g/mol. The molecular formula is C20H28O. The zero-order chi connectivity index (χ0) is 15.7. The summed E-state index contributed by atoms with van der Waals surface area (Å²) in [7, 11) is 0. The molecule has 0 amide bonds. The molecule has 1 aliphatic heterocycles. The van der Waals surface area contributed by atoms with E-state index < -0.39 is 0 Å². The molecule has 1 aromatic rings. The van der Waals surface area contributed by atoms with E-state index in [-0.39, 0.29) is 0 Å². The lowest BCUT2D eigenvalue weighted by Crippen LogP contribution is -2.09. The largest absolute Gasteiger partial charge is 0.488 e. The highest BCUT2D eigenvalue weighted by Crippen LogP contribution is 2.36. The van der Waals surface area contributed by atoms with Crippen LogP contribution in [-0.4, -0.2) is 6.61 Å². The van der Waals surface area contributed by atoms with Gasteiger partial charge in [0.15, 0.2) is 0 Å². The Hall–Kier alpha value is -1.76. The van der Waals surface area contributed by atoms with Crippen LogP contribution in [0.25, 0.3) is 5.57 Å². The van der Waals surface area contributed by atoms with E-state index in [4.69, 9.17) is 4.74 Å². The number of aryl methyl sites for hydroxylation is 1. The number of hydrogen-bond donors (Lipinski definition) is 0. The quantitative estimate of drug-likeness (QED) is 0.618. The van der Waals surface area contributed by atoms with E-state index in [0.717, 1.165) is 18.6 Å². The van der Waals surface area contributed by atoms with Gasteiger partial charge in [-0.1, -0.05) is 71.1 Å². The first-order valence-corrected chi connectivity index (χ1v) is 8.21. The van der Waals surface area contributed by atoms with E-state index >= 15 is 0 Å².